The topological polar surface area (TPSA) is 155 Å². The van der Waals surface area contributed by atoms with E-state index in [1.54, 1.807) is 0 Å². The summed E-state index contributed by atoms with van der Waals surface area (Å²) in [6, 6.07) is 160. The average molecular weight is 1920 g/mol. The third-order valence-electron chi connectivity index (χ3n) is 30.2. The molecule has 7 heterocycles. The Balaban J connectivity index is 0.000000103. The standard InChI is InChI=1S/C48H31N3O.C45H25N3O2.C43H25N3S/c1-48(2)40-14-8-6-12-35(40)39-27-38-31(25-41(39)48)19-17-28-16-18-30-24-32(20-22-34(30)44(28)38)46-49-45(29-10-4-3-5-11-29)50-47(51-46)33-21-23-37-36-13-7-9-15-42(36)52-43(37)26-33;1-2-8-27(9-3-1)43-46-44(48-45(47-43)31-19-21-35-33-10-4-6-12-38(33)49-40(35)24-31)30-18-20-32-28(22-30)16-14-26-15-17-29-23-41-37(25-36(29)42(26)32)34-11-5-7-13-39(34)50-41;1-2-11-27(12-3-1)41-44-42(30-19-18-26-10-4-5-13-28(26)24-30)46-43(45-41)31-21-22-32-29(25-31)20-23-36-38(32)33-14-6-7-15-34(33)39-35-16-8-9-17-37(35)47-40(36)39/h3-27H,1-2H3;1-25H;1-25H. The van der Waals surface area contributed by atoms with Crippen LogP contribution in [0.4, 0.5) is 0 Å². The number of hydrogen-bond donors (Lipinski definition) is 0. The molecule has 0 saturated heterocycles. The minimum absolute atomic E-state index is 0.0391. The summed E-state index contributed by atoms with van der Waals surface area (Å²) in [6.07, 6.45) is 0. The maximum absolute atomic E-state index is 6.24. The summed E-state index contributed by atoms with van der Waals surface area (Å²) in [6.45, 7) is 4.68. The molecule has 149 heavy (non-hydrogen) atoms. The van der Waals surface area contributed by atoms with Gasteiger partial charge in [-0.05, 0) is 222 Å². The van der Waals surface area contributed by atoms with E-state index in [4.69, 9.17) is 58.1 Å². The van der Waals surface area contributed by atoms with Gasteiger partial charge in [-0.1, -0.05) is 372 Å². The van der Waals surface area contributed by atoms with Crippen LogP contribution < -0.4 is 0 Å². The highest BCUT2D eigenvalue weighted by Crippen LogP contribution is 2.53. The molecule has 12 nitrogen and oxygen atoms in total. The second-order valence-corrected chi connectivity index (χ2v) is 40.3. The molecule has 694 valence electrons. The minimum Gasteiger partial charge on any atom is -0.456 e. The first kappa shape index (κ1) is 85.1. The molecule has 31 aromatic rings. The average Bonchev–Trinajstić information content (AvgIpc) is 1.61. The Morgan fingerprint density at radius 3 is 0.973 bits per heavy atom. The molecule has 13 heteroatoms. The van der Waals surface area contributed by atoms with Crippen molar-refractivity contribution in [2.45, 2.75) is 19.3 Å². The highest BCUT2D eigenvalue weighted by molar-refractivity contribution is 7.27. The lowest BCUT2D eigenvalue weighted by molar-refractivity contribution is 0.661. The Morgan fingerprint density at radius 2 is 0.483 bits per heavy atom. The van der Waals surface area contributed by atoms with Gasteiger partial charge in [0.2, 0.25) is 0 Å². The van der Waals surface area contributed by atoms with Crippen LogP contribution >= 0.6 is 11.3 Å². The number of aromatic nitrogens is 9. The zero-order valence-electron chi connectivity index (χ0n) is 80.5. The summed E-state index contributed by atoms with van der Waals surface area (Å²) in [4.78, 5) is 45.2. The number of furan rings is 3. The SMILES string of the molecule is CC1(C)c2ccccc2-c2cc3c(ccc4ccc5cc(-c6nc(-c7ccccc7)nc(-c7ccc8c(c7)oc7ccccc78)n6)ccc5c43)cc21.c1ccc(-c2nc(-c3ccc4c(ccc5ccc6cc7oc8ccccc8c7cc6c54)c3)nc(-c3ccc4c(c3)oc3ccccc34)n2)cc1.c1ccc(-c2nc(-c3ccc4ccccc4c3)nc(-c3ccc4c(ccc5c6sc7ccccc7c6c6ccccc6c45)c3)n2)cc1. The molecule has 0 bridgehead atoms. The van der Waals surface area contributed by atoms with Gasteiger partial charge in [-0.15, -0.1) is 11.3 Å². The van der Waals surface area contributed by atoms with Gasteiger partial charge in [0.15, 0.2) is 52.4 Å². The lowest BCUT2D eigenvalue weighted by atomic mass is 9.81. The van der Waals surface area contributed by atoms with Gasteiger partial charge < -0.3 is 13.3 Å². The van der Waals surface area contributed by atoms with Crippen molar-refractivity contribution in [1.82, 2.24) is 44.9 Å². The van der Waals surface area contributed by atoms with E-state index in [0.29, 0.717) is 52.4 Å². The van der Waals surface area contributed by atoms with Crippen LogP contribution in [0.25, 0.3) is 307 Å². The van der Waals surface area contributed by atoms with Gasteiger partial charge in [0.25, 0.3) is 0 Å². The number of para-hydroxylation sites is 3. The van der Waals surface area contributed by atoms with Crippen LogP contribution in [0.2, 0.25) is 0 Å². The van der Waals surface area contributed by atoms with E-state index in [0.717, 1.165) is 143 Å². The molecule has 0 amide bonds. The fraction of sp³-hybridized carbons (Fsp3) is 0.0221. The van der Waals surface area contributed by atoms with Gasteiger partial charge in [-0.3, -0.25) is 0 Å². The fourth-order valence-corrected chi connectivity index (χ4v) is 24.2. The molecular formula is C136H81N9O3S. The molecule has 7 aromatic heterocycles. The van der Waals surface area contributed by atoms with Crippen LogP contribution in [0.3, 0.4) is 0 Å². The molecule has 1 aliphatic carbocycles. The molecule has 0 unspecified atom stereocenters. The Morgan fingerprint density at radius 1 is 0.168 bits per heavy atom. The van der Waals surface area contributed by atoms with Crippen molar-refractivity contribution in [3.63, 3.8) is 0 Å². The normalized spacial score (nSPS) is 12.4. The van der Waals surface area contributed by atoms with E-state index in [2.05, 4.69) is 329 Å². The van der Waals surface area contributed by atoms with E-state index in [9.17, 15) is 0 Å². The molecule has 0 fully saturated rings. The molecule has 1 aliphatic rings. The number of thiophene rings is 1. The monoisotopic (exact) mass is 1920 g/mol. The number of nitrogens with zero attached hydrogens (tertiary/aromatic N) is 9. The van der Waals surface area contributed by atoms with Crippen LogP contribution in [0.1, 0.15) is 25.0 Å². The number of benzene rings is 24. The molecule has 0 radical (unpaired) electrons. The number of hydrogen-bond acceptors (Lipinski definition) is 13. The third kappa shape index (κ3) is 14.2. The zero-order chi connectivity index (χ0) is 98.2. The number of fused-ring (bicyclic) bond motifs is 33. The van der Waals surface area contributed by atoms with Gasteiger partial charge in [0.1, 0.15) is 33.5 Å². The largest absolute Gasteiger partial charge is 0.456 e. The van der Waals surface area contributed by atoms with Gasteiger partial charge in [-0.2, -0.15) is 0 Å². The summed E-state index contributed by atoms with van der Waals surface area (Å²) in [7, 11) is 0. The first-order valence-electron chi connectivity index (χ1n) is 50.2. The number of rotatable bonds is 9. The maximum atomic E-state index is 6.24. The Hall–Kier alpha value is -19.5. The second kappa shape index (κ2) is 33.8. The summed E-state index contributed by atoms with van der Waals surface area (Å²) in [5.74, 6) is 5.68. The first-order chi connectivity index (χ1) is 73.5. The molecule has 32 rings (SSSR count). The van der Waals surface area contributed by atoms with Gasteiger partial charge in [0.05, 0.1) is 0 Å². The molecule has 0 spiro atoms. The van der Waals surface area contributed by atoms with Crippen molar-refractivity contribution in [3.05, 3.63) is 466 Å². The van der Waals surface area contributed by atoms with Crippen LogP contribution in [0, 0.1) is 0 Å². The van der Waals surface area contributed by atoms with E-state index in [-0.39, 0.29) is 5.41 Å². The fourth-order valence-electron chi connectivity index (χ4n) is 22.9. The Labute approximate surface area is 855 Å². The van der Waals surface area contributed by atoms with Crippen molar-refractivity contribution < 1.29 is 13.3 Å². The predicted molar refractivity (Wildman–Crippen MR) is 616 cm³/mol. The summed E-state index contributed by atoms with van der Waals surface area (Å²) >= 11 is 1.89. The van der Waals surface area contributed by atoms with Crippen LogP contribution in [0.15, 0.2) is 468 Å². The summed E-state index contributed by atoms with van der Waals surface area (Å²) in [5.41, 5.74) is 18.9. The Kier molecular flexibility index (Phi) is 19.3. The zero-order valence-corrected chi connectivity index (χ0v) is 81.3. The van der Waals surface area contributed by atoms with Crippen molar-refractivity contribution >= 4 is 205 Å². The van der Waals surface area contributed by atoms with E-state index in [1.165, 1.54) is 123 Å². The Bertz CT molecular complexity index is 11100. The smallest absolute Gasteiger partial charge is 0.164 e. The van der Waals surface area contributed by atoms with Gasteiger partial charge >= 0.3 is 0 Å². The van der Waals surface area contributed by atoms with Gasteiger partial charge in [-0.25, -0.2) is 44.9 Å². The molecule has 0 saturated carbocycles. The van der Waals surface area contributed by atoms with E-state index >= 15 is 0 Å². The first-order valence-corrected chi connectivity index (χ1v) is 51.0. The van der Waals surface area contributed by atoms with Crippen molar-refractivity contribution in [2.75, 3.05) is 0 Å². The maximum Gasteiger partial charge on any atom is 0.164 e. The quantitative estimate of drug-likeness (QED) is 0.126. The predicted octanol–water partition coefficient (Wildman–Crippen LogP) is 36.5. The summed E-state index contributed by atoms with van der Waals surface area (Å²) in [5, 5.41) is 33.6. The molecular weight excluding hydrogens is 1840 g/mol. The second-order valence-electron chi connectivity index (χ2n) is 39.3. The molecule has 0 atom stereocenters. The van der Waals surface area contributed by atoms with Crippen LogP contribution in [-0.4, -0.2) is 44.9 Å². The van der Waals surface area contributed by atoms with Crippen molar-refractivity contribution in [2.24, 2.45) is 0 Å². The minimum atomic E-state index is -0.0391. The van der Waals surface area contributed by atoms with Crippen molar-refractivity contribution in [1.29, 1.82) is 0 Å². The van der Waals surface area contributed by atoms with E-state index in [1.807, 2.05) is 151 Å². The van der Waals surface area contributed by atoms with Crippen LogP contribution in [-0.2, 0) is 5.41 Å². The lowest BCUT2D eigenvalue weighted by Crippen LogP contribution is -2.14. The van der Waals surface area contributed by atoms with E-state index < -0.39 is 0 Å². The van der Waals surface area contributed by atoms with Crippen molar-refractivity contribution in [3.8, 4) is 114 Å². The molecule has 24 aromatic carbocycles. The molecule has 0 aliphatic heterocycles. The summed E-state index contributed by atoms with van der Waals surface area (Å²) < 4.78 is 21.3. The highest BCUT2D eigenvalue weighted by Gasteiger charge is 2.36. The molecule has 0 N–H and O–H groups in total. The highest BCUT2D eigenvalue weighted by atomic mass is 32.1. The third-order valence-corrected chi connectivity index (χ3v) is 31.4. The van der Waals surface area contributed by atoms with Crippen LogP contribution in [0.5, 0.6) is 0 Å². The lowest BCUT2D eigenvalue weighted by Gasteiger charge is -2.22. The van der Waals surface area contributed by atoms with Gasteiger partial charge in [0, 0.05) is 113 Å².